The minimum Gasteiger partial charge on any atom is -0.228 e. The van der Waals surface area contributed by atoms with Gasteiger partial charge in [-0.05, 0) is 30.5 Å². The van der Waals surface area contributed by atoms with E-state index in [0.717, 1.165) is 5.56 Å². The zero-order valence-corrected chi connectivity index (χ0v) is 15.2. The van der Waals surface area contributed by atoms with Crippen molar-refractivity contribution in [1.29, 1.82) is 0 Å². The van der Waals surface area contributed by atoms with Crippen molar-refractivity contribution in [3.8, 4) is 0 Å². The highest BCUT2D eigenvalue weighted by molar-refractivity contribution is 7.92. The summed E-state index contributed by atoms with van der Waals surface area (Å²) in [5, 5.41) is -0.226. The third-order valence-electron chi connectivity index (χ3n) is 3.67. The largest absolute Gasteiger partial charge is 0.243 e. The Kier molecular flexibility index (Phi) is 4.92. The maximum absolute atomic E-state index is 12.4. The molecule has 0 aliphatic carbocycles. The van der Waals surface area contributed by atoms with Crippen molar-refractivity contribution in [3.05, 3.63) is 28.8 Å². The minimum absolute atomic E-state index is 0.0167. The lowest BCUT2D eigenvalue weighted by molar-refractivity contribution is 0.309. The molecule has 1 saturated heterocycles. The van der Waals surface area contributed by atoms with E-state index < -0.39 is 25.1 Å². The van der Waals surface area contributed by atoms with Gasteiger partial charge < -0.3 is 0 Å². The molecule has 1 heterocycles. The predicted octanol–water partition coefficient (Wildman–Crippen LogP) is 2.09. The van der Waals surface area contributed by atoms with Crippen LogP contribution < -0.4 is 0 Å². The zero-order valence-electron chi connectivity index (χ0n) is 12.8. The predicted molar refractivity (Wildman–Crippen MR) is 87.4 cm³/mol. The summed E-state index contributed by atoms with van der Waals surface area (Å²) in [6.45, 7) is 5.49. The molecule has 1 aliphatic heterocycles. The normalized spacial score (nSPS) is 17.7. The number of aryl methyl sites for hydroxylation is 1. The third kappa shape index (κ3) is 3.48. The van der Waals surface area contributed by atoms with Crippen LogP contribution in [0.1, 0.15) is 19.4 Å². The van der Waals surface area contributed by atoms with Crippen LogP contribution in [0.25, 0.3) is 0 Å². The average Bonchev–Trinajstić information content (AvgIpc) is 2.27. The van der Waals surface area contributed by atoms with Gasteiger partial charge in [-0.25, -0.2) is 16.8 Å². The van der Waals surface area contributed by atoms with E-state index in [1.54, 1.807) is 13.0 Å². The number of sulfone groups is 1. The van der Waals surface area contributed by atoms with Crippen molar-refractivity contribution in [2.75, 3.05) is 18.8 Å². The Bertz CT molecular complexity index is 766. The molecule has 1 aromatic rings. The van der Waals surface area contributed by atoms with Crippen LogP contribution in [0, 0.1) is 12.8 Å². The van der Waals surface area contributed by atoms with Crippen LogP contribution in [-0.4, -0.2) is 45.2 Å². The molecule has 0 spiro atoms. The first-order valence-electron chi connectivity index (χ1n) is 7.02. The van der Waals surface area contributed by atoms with E-state index in [9.17, 15) is 16.8 Å². The van der Waals surface area contributed by atoms with Crippen molar-refractivity contribution in [2.45, 2.75) is 30.9 Å². The Hall–Kier alpha value is -0.630. The molecule has 8 heteroatoms. The van der Waals surface area contributed by atoms with Gasteiger partial charge in [0, 0.05) is 18.1 Å². The van der Waals surface area contributed by atoms with Crippen LogP contribution in [0.5, 0.6) is 0 Å². The molecule has 0 bridgehead atoms. The molecule has 0 unspecified atom stereocenters. The van der Waals surface area contributed by atoms with Crippen LogP contribution in [0.2, 0.25) is 5.02 Å². The molecule has 5 nitrogen and oxygen atoms in total. The zero-order chi connectivity index (χ0) is 16.7. The molecule has 1 aromatic carbocycles. The quantitative estimate of drug-likeness (QED) is 0.801. The second-order valence-corrected chi connectivity index (χ2v) is 10.7. The van der Waals surface area contributed by atoms with Gasteiger partial charge in [0.2, 0.25) is 10.0 Å². The molecular weight excluding hydrogens is 346 g/mol. The summed E-state index contributed by atoms with van der Waals surface area (Å²) in [6.07, 6.45) is 0. The second kappa shape index (κ2) is 6.11. The Labute approximate surface area is 137 Å². The van der Waals surface area contributed by atoms with Gasteiger partial charge in [-0.1, -0.05) is 31.5 Å². The first-order valence-corrected chi connectivity index (χ1v) is 10.6. The summed E-state index contributed by atoms with van der Waals surface area (Å²) in [5.41, 5.74) is 0.793. The highest BCUT2D eigenvalue weighted by Crippen LogP contribution is 2.28. The second-order valence-electron chi connectivity index (χ2n) is 6.08. The Morgan fingerprint density at radius 2 is 1.82 bits per heavy atom. The monoisotopic (exact) mass is 365 g/mol. The molecule has 0 aromatic heterocycles. The van der Waals surface area contributed by atoms with Gasteiger partial charge in [-0.15, -0.1) is 0 Å². The molecule has 0 saturated carbocycles. The summed E-state index contributed by atoms with van der Waals surface area (Å²) in [5.74, 6) is 0.119. The van der Waals surface area contributed by atoms with Gasteiger partial charge in [0.1, 0.15) is 0 Å². The SMILES string of the molecule is Cc1ccc(S(=O)(=O)N2CC(S(=O)(=O)CC(C)C)C2)cc1Cl. The molecule has 0 radical (unpaired) electrons. The lowest BCUT2D eigenvalue weighted by atomic mass is 10.2. The number of hydrogen-bond acceptors (Lipinski definition) is 4. The highest BCUT2D eigenvalue weighted by Gasteiger charge is 2.43. The van der Waals surface area contributed by atoms with Gasteiger partial charge in [-0.2, -0.15) is 4.31 Å². The van der Waals surface area contributed by atoms with Gasteiger partial charge in [-0.3, -0.25) is 0 Å². The molecule has 0 amide bonds. The first kappa shape index (κ1) is 17.7. The number of benzene rings is 1. The topological polar surface area (TPSA) is 71.5 Å². The molecule has 0 atom stereocenters. The molecule has 0 N–H and O–H groups in total. The number of nitrogens with zero attached hydrogens (tertiary/aromatic N) is 1. The average molecular weight is 366 g/mol. The van der Waals surface area contributed by atoms with Crippen molar-refractivity contribution in [1.82, 2.24) is 4.31 Å². The molecule has 124 valence electrons. The van der Waals surface area contributed by atoms with E-state index >= 15 is 0 Å². The molecule has 1 aliphatic rings. The summed E-state index contributed by atoms with van der Waals surface area (Å²) < 4.78 is 50.3. The van der Waals surface area contributed by atoms with Gasteiger partial charge in [0.25, 0.3) is 0 Å². The summed E-state index contributed by atoms with van der Waals surface area (Å²) in [6, 6.07) is 4.54. The van der Waals surface area contributed by atoms with Crippen molar-refractivity contribution in [2.24, 2.45) is 5.92 Å². The molecule has 1 fully saturated rings. The van der Waals surface area contributed by atoms with Crippen LogP contribution in [-0.2, 0) is 19.9 Å². The number of halogens is 1. The Morgan fingerprint density at radius 3 is 2.32 bits per heavy atom. The van der Waals surface area contributed by atoms with Crippen LogP contribution in [0.15, 0.2) is 23.1 Å². The van der Waals surface area contributed by atoms with Gasteiger partial charge in [0.15, 0.2) is 9.84 Å². The van der Waals surface area contributed by atoms with Crippen molar-refractivity contribution in [3.63, 3.8) is 0 Å². The molecule has 22 heavy (non-hydrogen) atoms. The van der Waals surface area contributed by atoms with E-state index in [1.807, 2.05) is 13.8 Å². The maximum atomic E-state index is 12.4. The van der Waals surface area contributed by atoms with Crippen LogP contribution >= 0.6 is 11.6 Å². The number of rotatable bonds is 5. The van der Waals surface area contributed by atoms with E-state index in [0.29, 0.717) is 5.02 Å². The Morgan fingerprint density at radius 1 is 1.23 bits per heavy atom. The van der Waals surface area contributed by atoms with Crippen LogP contribution in [0.3, 0.4) is 0 Å². The standard InChI is InChI=1S/C14H20ClNO4S2/c1-10(2)9-21(17,18)13-7-16(8-13)22(19,20)12-5-4-11(3)14(15)6-12/h4-6,10,13H,7-9H2,1-3H3. The van der Waals surface area contributed by atoms with Gasteiger partial charge in [0.05, 0.1) is 15.9 Å². The summed E-state index contributed by atoms with van der Waals surface area (Å²) >= 11 is 5.97. The number of hydrogen-bond donors (Lipinski definition) is 0. The summed E-state index contributed by atoms with van der Waals surface area (Å²) in [7, 11) is -6.92. The van der Waals surface area contributed by atoms with Crippen LogP contribution in [0.4, 0.5) is 0 Å². The van der Waals surface area contributed by atoms with Crippen molar-refractivity contribution >= 4 is 31.5 Å². The smallest absolute Gasteiger partial charge is 0.228 e. The highest BCUT2D eigenvalue weighted by atomic mass is 35.5. The van der Waals surface area contributed by atoms with E-state index in [2.05, 4.69) is 0 Å². The molecule has 2 rings (SSSR count). The summed E-state index contributed by atoms with van der Waals surface area (Å²) in [4.78, 5) is 0.0998. The van der Waals surface area contributed by atoms with E-state index in [-0.39, 0.29) is 29.7 Å². The van der Waals surface area contributed by atoms with E-state index in [1.165, 1.54) is 16.4 Å². The lowest BCUT2D eigenvalue weighted by Gasteiger charge is -2.37. The Balaban J connectivity index is 2.13. The van der Waals surface area contributed by atoms with Crippen molar-refractivity contribution < 1.29 is 16.8 Å². The fourth-order valence-corrected chi connectivity index (χ4v) is 6.31. The fourth-order valence-electron chi connectivity index (χ4n) is 2.31. The van der Waals surface area contributed by atoms with E-state index in [4.69, 9.17) is 11.6 Å². The molecular formula is C14H20ClNO4S2. The fraction of sp³-hybridized carbons (Fsp3) is 0.571. The minimum atomic E-state index is -3.68. The number of sulfonamides is 1. The van der Waals surface area contributed by atoms with Gasteiger partial charge >= 0.3 is 0 Å². The first-order chi connectivity index (χ1) is 10.0. The maximum Gasteiger partial charge on any atom is 0.243 e. The lowest BCUT2D eigenvalue weighted by Crippen LogP contribution is -2.57. The third-order valence-corrected chi connectivity index (χ3v) is 8.35.